The molecule has 0 amide bonds. The zero-order chi connectivity index (χ0) is 14.9. The number of aromatic nitrogens is 2. The van der Waals surface area contributed by atoms with Gasteiger partial charge in [-0.1, -0.05) is 18.2 Å². The first-order chi connectivity index (χ1) is 10.3. The summed E-state index contributed by atoms with van der Waals surface area (Å²) in [5, 5.41) is 13.8. The van der Waals surface area contributed by atoms with E-state index in [-0.39, 0.29) is 16.5 Å². The van der Waals surface area contributed by atoms with Crippen LogP contribution >= 0.6 is 0 Å². The van der Waals surface area contributed by atoms with E-state index in [2.05, 4.69) is 16.0 Å². The van der Waals surface area contributed by atoms with Gasteiger partial charge in [-0.25, -0.2) is 0 Å². The molecule has 0 saturated heterocycles. The molecule has 112 valence electrons. The molecule has 2 heterocycles. The van der Waals surface area contributed by atoms with Crippen LogP contribution in [0, 0.1) is 17.6 Å². The summed E-state index contributed by atoms with van der Waals surface area (Å²) in [4.78, 5) is 8.93. The van der Waals surface area contributed by atoms with Gasteiger partial charge in [-0.2, -0.15) is 5.26 Å². The third kappa shape index (κ3) is 4.69. The molecular formula is C17H12N3NiO-. The van der Waals surface area contributed by atoms with Gasteiger partial charge < -0.3 is 5.11 Å². The maximum absolute atomic E-state index is 6.88. The van der Waals surface area contributed by atoms with Gasteiger partial charge in [0, 0.05) is 22.7 Å². The van der Waals surface area contributed by atoms with Crippen LogP contribution in [0.2, 0.25) is 0 Å². The Morgan fingerprint density at radius 1 is 0.909 bits per heavy atom. The van der Waals surface area contributed by atoms with Gasteiger partial charge in [-0.3, -0.25) is 9.97 Å². The normalized spacial score (nSPS) is 8.68. The molecule has 3 rings (SSSR count). The summed E-state index contributed by atoms with van der Waals surface area (Å²) >= 11 is 0. The number of hydrogen-bond donors (Lipinski definition) is 1. The van der Waals surface area contributed by atoms with Gasteiger partial charge in [0.15, 0.2) is 0 Å². The van der Waals surface area contributed by atoms with E-state index in [4.69, 9.17) is 10.4 Å². The van der Waals surface area contributed by atoms with Crippen molar-refractivity contribution < 1.29 is 21.6 Å². The van der Waals surface area contributed by atoms with E-state index in [0.717, 1.165) is 28.9 Å². The van der Waals surface area contributed by atoms with Gasteiger partial charge in [0.1, 0.15) is 0 Å². The minimum atomic E-state index is 0. The van der Waals surface area contributed by atoms with Gasteiger partial charge in [0.25, 0.3) is 6.26 Å². The second kappa shape index (κ2) is 9.28. The molecule has 0 aliphatic rings. The van der Waals surface area contributed by atoms with Crippen LogP contribution in [0.5, 0.6) is 0 Å². The number of aliphatic hydroxyl groups is 1. The Labute approximate surface area is 139 Å². The van der Waals surface area contributed by atoms with Gasteiger partial charge in [0.2, 0.25) is 0 Å². The van der Waals surface area contributed by atoms with E-state index in [1.54, 1.807) is 6.20 Å². The summed E-state index contributed by atoms with van der Waals surface area (Å²) < 4.78 is 0. The standard InChI is InChI=1S/C16H11N2.CHNO.Ni/c1-2-7-13(8-3-1)14-10-6-11-16(18-14)15-9-4-5-12-17-15;2-1-3;/h1-7,9-12H;3H;/q-1;;. The van der Waals surface area contributed by atoms with Crippen LogP contribution in [0.4, 0.5) is 0 Å². The summed E-state index contributed by atoms with van der Waals surface area (Å²) in [5.74, 6) is 0. The largest absolute Gasteiger partial charge is 0.443 e. The molecule has 1 N–H and O–H groups in total. The van der Waals surface area contributed by atoms with Crippen molar-refractivity contribution in [2.24, 2.45) is 0 Å². The fourth-order valence-corrected chi connectivity index (χ4v) is 1.79. The Bertz CT molecular complexity index is 673. The second-order valence-corrected chi connectivity index (χ2v) is 4.00. The average molecular weight is 333 g/mol. The summed E-state index contributed by atoms with van der Waals surface area (Å²) in [6, 6.07) is 22.8. The Morgan fingerprint density at radius 3 is 2.23 bits per heavy atom. The fourth-order valence-electron chi connectivity index (χ4n) is 1.79. The van der Waals surface area contributed by atoms with Gasteiger partial charge in [-0.05, 0) is 23.9 Å². The Hall–Kier alpha value is -2.70. The SMILES string of the molecule is N#CO.[Ni].[c-]1ccccc1-c1cccc(-c2ccccn2)n1. The van der Waals surface area contributed by atoms with Crippen molar-refractivity contribution >= 4 is 0 Å². The Morgan fingerprint density at radius 2 is 1.59 bits per heavy atom. The zero-order valence-corrected chi connectivity index (χ0v) is 12.4. The molecular weight excluding hydrogens is 321 g/mol. The molecule has 0 aliphatic carbocycles. The molecule has 3 aromatic rings. The first kappa shape index (κ1) is 17.4. The quantitative estimate of drug-likeness (QED) is 0.443. The number of rotatable bonds is 2. The van der Waals surface area contributed by atoms with Crippen LogP contribution in [-0.2, 0) is 16.5 Å². The number of hydrogen-bond acceptors (Lipinski definition) is 4. The summed E-state index contributed by atoms with van der Waals surface area (Å²) in [6.07, 6.45) is 2.53. The van der Waals surface area contributed by atoms with Crippen molar-refractivity contribution in [3.63, 3.8) is 0 Å². The number of benzene rings is 1. The Balaban J connectivity index is 0.000000562. The molecule has 1 aromatic carbocycles. The third-order valence-corrected chi connectivity index (χ3v) is 2.66. The van der Waals surface area contributed by atoms with Crippen LogP contribution in [0.25, 0.3) is 22.6 Å². The van der Waals surface area contributed by atoms with Crippen LogP contribution in [0.3, 0.4) is 0 Å². The molecule has 0 saturated carbocycles. The van der Waals surface area contributed by atoms with Crippen LogP contribution in [0.1, 0.15) is 0 Å². The molecule has 4 nitrogen and oxygen atoms in total. The minimum absolute atomic E-state index is 0. The minimum Gasteiger partial charge on any atom is -0.443 e. The fraction of sp³-hybridized carbons (Fsp3) is 0. The van der Waals surface area contributed by atoms with E-state index in [1.807, 2.05) is 60.7 Å². The first-order valence-corrected chi connectivity index (χ1v) is 6.24. The van der Waals surface area contributed by atoms with Crippen molar-refractivity contribution in [3.8, 4) is 28.9 Å². The molecule has 22 heavy (non-hydrogen) atoms. The first-order valence-electron chi connectivity index (χ1n) is 6.24. The molecule has 0 spiro atoms. The molecule has 0 aliphatic heterocycles. The smallest absolute Gasteiger partial charge is 0.283 e. The van der Waals surface area contributed by atoms with Crippen molar-refractivity contribution in [3.05, 3.63) is 72.9 Å². The maximum Gasteiger partial charge on any atom is 0.283 e. The van der Waals surface area contributed by atoms with E-state index in [1.165, 1.54) is 0 Å². The monoisotopic (exact) mass is 332 g/mol. The number of nitriles is 1. The molecule has 0 fully saturated rings. The van der Waals surface area contributed by atoms with Crippen LogP contribution in [0.15, 0.2) is 66.9 Å². The van der Waals surface area contributed by atoms with E-state index < -0.39 is 0 Å². The summed E-state index contributed by atoms with van der Waals surface area (Å²) in [6.45, 7) is 0. The van der Waals surface area contributed by atoms with Gasteiger partial charge in [0.05, 0.1) is 11.4 Å². The summed E-state index contributed by atoms with van der Waals surface area (Å²) in [5.41, 5.74) is 3.68. The molecule has 2 aromatic heterocycles. The molecule has 0 unspecified atom stereocenters. The number of aliphatic hydroxyl groups excluding tert-OH is 1. The van der Waals surface area contributed by atoms with Crippen LogP contribution < -0.4 is 0 Å². The van der Waals surface area contributed by atoms with E-state index in [9.17, 15) is 0 Å². The predicted molar refractivity (Wildman–Crippen MR) is 79.3 cm³/mol. The topological polar surface area (TPSA) is 69.8 Å². The van der Waals surface area contributed by atoms with Crippen molar-refractivity contribution in [2.45, 2.75) is 0 Å². The molecule has 5 heteroatoms. The predicted octanol–water partition coefficient (Wildman–Crippen LogP) is 3.45. The van der Waals surface area contributed by atoms with Crippen molar-refractivity contribution in [2.75, 3.05) is 0 Å². The van der Waals surface area contributed by atoms with Crippen molar-refractivity contribution in [1.29, 1.82) is 5.26 Å². The average Bonchev–Trinajstić information content (AvgIpc) is 2.57. The second-order valence-electron chi connectivity index (χ2n) is 4.00. The van der Waals surface area contributed by atoms with Gasteiger partial charge in [-0.15, -0.1) is 35.9 Å². The van der Waals surface area contributed by atoms with Gasteiger partial charge >= 0.3 is 0 Å². The van der Waals surface area contributed by atoms with E-state index >= 15 is 0 Å². The third-order valence-electron chi connectivity index (χ3n) is 2.66. The van der Waals surface area contributed by atoms with Crippen LogP contribution in [-0.4, -0.2) is 15.1 Å². The Kier molecular flexibility index (Phi) is 7.32. The molecule has 0 atom stereocenters. The number of pyridine rings is 2. The maximum atomic E-state index is 6.88. The van der Waals surface area contributed by atoms with Crippen molar-refractivity contribution in [1.82, 2.24) is 9.97 Å². The zero-order valence-electron chi connectivity index (χ0n) is 11.5. The van der Waals surface area contributed by atoms with E-state index in [0.29, 0.717) is 0 Å². The summed E-state index contributed by atoms with van der Waals surface area (Å²) in [7, 11) is 0. The molecule has 0 radical (unpaired) electrons. The number of nitrogens with zero attached hydrogens (tertiary/aromatic N) is 3. The molecule has 0 bridgehead atoms.